The van der Waals surface area contributed by atoms with E-state index in [2.05, 4.69) is 24.1 Å². The first-order valence-corrected chi connectivity index (χ1v) is 9.01. The van der Waals surface area contributed by atoms with Crippen molar-refractivity contribution >= 4 is 15.5 Å². The van der Waals surface area contributed by atoms with Crippen LogP contribution in [0.4, 0.5) is 5.69 Å². The Balaban J connectivity index is 1.84. The van der Waals surface area contributed by atoms with Gasteiger partial charge < -0.3 is 10.0 Å². The number of aliphatic hydroxyl groups excluding tert-OH is 1. The third-order valence-corrected chi connectivity index (χ3v) is 6.30. The van der Waals surface area contributed by atoms with Crippen LogP contribution in [-0.2, 0) is 16.3 Å². The van der Waals surface area contributed by atoms with Crippen molar-refractivity contribution in [3.8, 4) is 0 Å². The first kappa shape index (κ1) is 13.9. The molecule has 4 nitrogen and oxygen atoms in total. The monoisotopic (exact) mass is 295 g/mol. The summed E-state index contributed by atoms with van der Waals surface area (Å²) in [6.45, 7) is 1.07. The van der Waals surface area contributed by atoms with E-state index in [0.29, 0.717) is 6.42 Å². The summed E-state index contributed by atoms with van der Waals surface area (Å²) >= 11 is 0. The van der Waals surface area contributed by atoms with Crippen LogP contribution in [0.5, 0.6) is 0 Å². The van der Waals surface area contributed by atoms with E-state index in [1.165, 1.54) is 11.3 Å². The molecule has 2 unspecified atom stereocenters. The smallest absolute Gasteiger partial charge is 0.150 e. The Morgan fingerprint density at radius 2 is 2.20 bits per heavy atom. The largest absolute Gasteiger partial charge is 0.388 e. The molecule has 0 aromatic heterocycles. The number of hydrogen-bond donors (Lipinski definition) is 1. The molecule has 2 aliphatic heterocycles. The second kappa shape index (κ2) is 5.04. The van der Waals surface area contributed by atoms with Crippen molar-refractivity contribution in [3.63, 3.8) is 0 Å². The molecule has 2 aliphatic rings. The van der Waals surface area contributed by atoms with E-state index in [4.69, 9.17) is 0 Å². The Bertz CT molecular complexity index is 612. The predicted octanol–water partition coefficient (Wildman–Crippen LogP) is 1.54. The topological polar surface area (TPSA) is 57.6 Å². The fourth-order valence-corrected chi connectivity index (χ4v) is 5.16. The summed E-state index contributed by atoms with van der Waals surface area (Å²) in [7, 11) is -0.862. The maximum absolute atomic E-state index is 11.5. The van der Waals surface area contributed by atoms with E-state index in [1.807, 2.05) is 6.07 Å². The van der Waals surface area contributed by atoms with Gasteiger partial charge in [0.25, 0.3) is 0 Å². The zero-order valence-electron chi connectivity index (χ0n) is 11.7. The van der Waals surface area contributed by atoms with Crippen LogP contribution in [-0.4, -0.2) is 38.6 Å². The summed E-state index contributed by atoms with van der Waals surface area (Å²) in [4.78, 5) is 2.23. The molecule has 1 N–H and O–H groups in total. The highest BCUT2D eigenvalue weighted by atomic mass is 32.2. The summed E-state index contributed by atoms with van der Waals surface area (Å²) in [6, 6.07) is 6.05. The third kappa shape index (κ3) is 2.56. The number of aryl methyl sites for hydroxylation is 1. The molecule has 0 spiro atoms. The van der Waals surface area contributed by atoms with Crippen molar-refractivity contribution in [1.82, 2.24) is 0 Å². The average Bonchev–Trinajstić information content (AvgIpc) is 2.78. The van der Waals surface area contributed by atoms with E-state index in [0.717, 1.165) is 24.9 Å². The number of benzene rings is 1. The van der Waals surface area contributed by atoms with E-state index in [1.54, 1.807) is 0 Å². The molecule has 0 aliphatic carbocycles. The fraction of sp³-hybridized carbons (Fsp3) is 0.600. The van der Waals surface area contributed by atoms with E-state index >= 15 is 0 Å². The summed E-state index contributed by atoms with van der Waals surface area (Å²) < 4.78 is 23.1. The van der Waals surface area contributed by atoms with Gasteiger partial charge in [-0.3, -0.25) is 0 Å². The van der Waals surface area contributed by atoms with Crippen molar-refractivity contribution in [1.29, 1.82) is 0 Å². The number of anilines is 1. The van der Waals surface area contributed by atoms with Gasteiger partial charge >= 0.3 is 0 Å². The summed E-state index contributed by atoms with van der Waals surface area (Å²) in [6.07, 6.45) is 2.06. The van der Waals surface area contributed by atoms with Crippen LogP contribution in [0.2, 0.25) is 0 Å². The second-order valence-corrected chi connectivity index (χ2v) is 8.25. The van der Waals surface area contributed by atoms with Gasteiger partial charge in [-0.25, -0.2) is 8.42 Å². The molecule has 2 atom stereocenters. The summed E-state index contributed by atoms with van der Waals surface area (Å²) in [5.74, 6) is 0.174. The lowest BCUT2D eigenvalue weighted by molar-refractivity contribution is 0.121. The van der Waals surface area contributed by atoms with Crippen LogP contribution in [0.25, 0.3) is 0 Å². The van der Waals surface area contributed by atoms with Crippen LogP contribution in [0.1, 0.15) is 30.1 Å². The van der Waals surface area contributed by atoms with E-state index in [-0.39, 0.29) is 17.4 Å². The zero-order valence-corrected chi connectivity index (χ0v) is 12.6. The van der Waals surface area contributed by atoms with Crippen LogP contribution >= 0.6 is 0 Å². The average molecular weight is 295 g/mol. The number of nitrogens with zero attached hydrogens (tertiary/aromatic N) is 1. The number of aliphatic hydroxyl groups is 1. The van der Waals surface area contributed by atoms with Gasteiger partial charge in [0.2, 0.25) is 0 Å². The predicted molar refractivity (Wildman–Crippen MR) is 79.8 cm³/mol. The number of fused-ring (bicyclic) bond motifs is 1. The van der Waals surface area contributed by atoms with Crippen LogP contribution in [0.3, 0.4) is 0 Å². The maximum atomic E-state index is 11.5. The van der Waals surface area contributed by atoms with Gasteiger partial charge in [-0.2, -0.15) is 0 Å². The van der Waals surface area contributed by atoms with Gasteiger partial charge in [0, 0.05) is 25.2 Å². The van der Waals surface area contributed by atoms with Gasteiger partial charge in [0.1, 0.15) is 0 Å². The van der Waals surface area contributed by atoms with Crippen molar-refractivity contribution in [3.05, 3.63) is 29.3 Å². The molecule has 1 aromatic rings. The highest BCUT2D eigenvalue weighted by Gasteiger charge is 2.33. The van der Waals surface area contributed by atoms with Crippen molar-refractivity contribution < 1.29 is 13.5 Å². The highest BCUT2D eigenvalue weighted by Crippen LogP contribution is 2.34. The van der Waals surface area contributed by atoms with E-state index in [9.17, 15) is 13.5 Å². The molecule has 110 valence electrons. The lowest BCUT2D eigenvalue weighted by atomic mass is 9.91. The van der Waals surface area contributed by atoms with Crippen molar-refractivity contribution in [2.75, 3.05) is 30.0 Å². The summed E-state index contributed by atoms with van der Waals surface area (Å²) in [5, 5.41) is 10.4. The highest BCUT2D eigenvalue weighted by molar-refractivity contribution is 7.91. The lowest BCUT2D eigenvalue weighted by Crippen LogP contribution is -2.25. The first-order chi connectivity index (χ1) is 9.46. The Morgan fingerprint density at radius 3 is 2.90 bits per heavy atom. The number of sulfone groups is 1. The number of hydrogen-bond acceptors (Lipinski definition) is 4. The minimum atomic E-state index is -2.94. The minimum Gasteiger partial charge on any atom is -0.388 e. The van der Waals surface area contributed by atoms with Crippen molar-refractivity contribution in [2.45, 2.75) is 25.4 Å². The molecular weight excluding hydrogens is 274 g/mol. The van der Waals surface area contributed by atoms with E-state index < -0.39 is 15.9 Å². The molecule has 1 aromatic carbocycles. The standard InChI is InChI=1S/C15H21NO3S/c1-16-7-2-3-11-9-12(4-5-14(11)16)15(17)13-6-8-20(18,19)10-13/h4-5,9,13,15,17H,2-3,6-8,10H2,1H3. The Hall–Kier alpha value is -1.07. The van der Waals surface area contributed by atoms with Gasteiger partial charge in [-0.15, -0.1) is 0 Å². The molecular formula is C15H21NO3S. The molecule has 20 heavy (non-hydrogen) atoms. The second-order valence-electron chi connectivity index (χ2n) is 6.02. The number of rotatable bonds is 2. The normalized spacial score (nSPS) is 26.3. The maximum Gasteiger partial charge on any atom is 0.150 e. The fourth-order valence-electron chi connectivity index (χ4n) is 3.33. The zero-order chi connectivity index (χ0) is 14.3. The lowest BCUT2D eigenvalue weighted by Gasteiger charge is -2.28. The van der Waals surface area contributed by atoms with Gasteiger partial charge in [0.15, 0.2) is 9.84 Å². The molecule has 0 bridgehead atoms. The van der Waals surface area contributed by atoms with Crippen LogP contribution in [0, 0.1) is 5.92 Å². The molecule has 1 fully saturated rings. The Morgan fingerprint density at radius 1 is 1.40 bits per heavy atom. The third-order valence-electron chi connectivity index (χ3n) is 4.51. The minimum absolute atomic E-state index is 0.116. The molecule has 0 amide bonds. The molecule has 0 saturated carbocycles. The molecule has 2 heterocycles. The van der Waals surface area contributed by atoms with Gasteiger partial charge in [-0.1, -0.05) is 12.1 Å². The summed E-state index contributed by atoms with van der Waals surface area (Å²) in [5.41, 5.74) is 3.35. The Labute approximate surface area is 120 Å². The van der Waals surface area contributed by atoms with Crippen molar-refractivity contribution in [2.24, 2.45) is 5.92 Å². The SMILES string of the molecule is CN1CCCc2cc(C(O)C3CCS(=O)(=O)C3)ccc21. The molecule has 3 rings (SSSR count). The van der Waals surface area contributed by atoms with Crippen LogP contribution in [0.15, 0.2) is 18.2 Å². The van der Waals surface area contributed by atoms with Crippen LogP contribution < -0.4 is 4.90 Å². The first-order valence-electron chi connectivity index (χ1n) is 7.19. The molecule has 0 radical (unpaired) electrons. The molecule has 5 heteroatoms. The van der Waals surface area contributed by atoms with Gasteiger partial charge in [-0.05, 0) is 36.5 Å². The Kier molecular flexibility index (Phi) is 3.50. The van der Waals surface area contributed by atoms with Gasteiger partial charge in [0.05, 0.1) is 17.6 Å². The molecule has 1 saturated heterocycles. The quantitative estimate of drug-likeness (QED) is 0.899.